The number of nitrogens with two attached hydrogens (primary N) is 1. The number of thiazole rings is 1. The van der Waals surface area contributed by atoms with Crippen molar-refractivity contribution >= 4 is 40.4 Å². The second kappa shape index (κ2) is 7.13. The lowest BCUT2D eigenvalue weighted by molar-refractivity contribution is 0.585. The van der Waals surface area contributed by atoms with Crippen LogP contribution in [-0.2, 0) is 5.41 Å². The Balaban J connectivity index is 2.29. The predicted molar refractivity (Wildman–Crippen MR) is 108 cm³/mol. The lowest BCUT2D eigenvalue weighted by Gasteiger charge is -2.13. The summed E-state index contributed by atoms with van der Waals surface area (Å²) in [6.07, 6.45) is 3.60. The normalized spacial score (nSPS) is 11.8. The second-order valence-corrected chi connectivity index (χ2v) is 8.94. The fourth-order valence-corrected chi connectivity index (χ4v) is 4.03. The van der Waals surface area contributed by atoms with Crippen molar-refractivity contribution in [3.05, 3.63) is 40.2 Å². The van der Waals surface area contributed by atoms with Crippen LogP contribution in [0.4, 0.5) is 10.1 Å². The van der Waals surface area contributed by atoms with Gasteiger partial charge >= 0.3 is 0 Å². The van der Waals surface area contributed by atoms with Crippen molar-refractivity contribution in [2.45, 2.75) is 31.3 Å². The summed E-state index contributed by atoms with van der Waals surface area (Å²) in [5.74, 6) is -0.527. The van der Waals surface area contributed by atoms with E-state index < -0.39 is 5.82 Å². The van der Waals surface area contributed by atoms with E-state index in [9.17, 15) is 4.39 Å². The monoisotopic (exact) mass is 408 g/mol. The van der Waals surface area contributed by atoms with E-state index in [-0.39, 0.29) is 16.7 Å². The van der Waals surface area contributed by atoms with Gasteiger partial charge in [-0.1, -0.05) is 44.1 Å². The molecule has 0 atom stereocenters. The smallest absolute Gasteiger partial charge is 0.187 e. The minimum absolute atomic E-state index is 0.00347. The van der Waals surface area contributed by atoms with Crippen LogP contribution >= 0.6 is 34.7 Å². The van der Waals surface area contributed by atoms with Gasteiger partial charge < -0.3 is 5.73 Å². The van der Waals surface area contributed by atoms with Crippen LogP contribution in [0.5, 0.6) is 0 Å². The first kappa shape index (κ1) is 19.1. The molecule has 3 rings (SSSR count). The van der Waals surface area contributed by atoms with Crippen molar-refractivity contribution in [2.24, 2.45) is 0 Å². The maximum atomic E-state index is 14.8. The zero-order valence-corrected chi connectivity index (χ0v) is 17.2. The summed E-state index contributed by atoms with van der Waals surface area (Å²) in [7, 11) is 0. The van der Waals surface area contributed by atoms with Gasteiger partial charge in [0.25, 0.3) is 0 Å². The number of benzene rings is 1. The molecular formula is C18H18ClFN4S2. The summed E-state index contributed by atoms with van der Waals surface area (Å²) in [5.41, 5.74) is 7.06. The number of rotatable bonds is 3. The van der Waals surface area contributed by atoms with Gasteiger partial charge in [0.15, 0.2) is 11.0 Å². The number of halogens is 2. The van der Waals surface area contributed by atoms with Gasteiger partial charge in [-0.15, -0.1) is 11.3 Å². The summed E-state index contributed by atoms with van der Waals surface area (Å²) in [6.45, 7) is 6.19. The summed E-state index contributed by atoms with van der Waals surface area (Å²) in [5, 5.41) is 1.89. The maximum absolute atomic E-state index is 14.8. The van der Waals surface area contributed by atoms with Crippen molar-refractivity contribution in [3.8, 4) is 21.8 Å². The molecule has 26 heavy (non-hydrogen) atoms. The van der Waals surface area contributed by atoms with E-state index in [0.717, 1.165) is 9.88 Å². The van der Waals surface area contributed by atoms with Gasteiger partial charge in [-0.2, -0.15) is 0 Å². The third kappa shape index (κ3) is 3.70. The van der Waals surface area contributed by atoms with Crippen molar-refractivity contribution in [2.75, 3.05) is 12.0 Å². The topological polar surface area (TPSA) is 64.7 Å². The molecule has 0 aliphatic carbocycles. The molecule has 0 saturated carbocycles. The number of thioether (sulfide) groups is 1. The number of anilines is 1. The van der Waals surface area contributed by atoms with Crippen LogP contribution < -0.4 is 5.73 Å². The van der Waals surface area contributed by atoms with E-state index in [1.54, 1.807) is 18.3 Å². The molecule has 0 amide bonds. The van der Waals surface area contributed by atoms with Gasteiger partial charge in [0.2, 0.25) is 0 Å². The first-order valence-corrected chi connectivity index (χ1v) is 10.3. The largest absolute Gasteiger partial charge is 0.396 e. The molecule has 1 aromatic carbocycles. The molecule has 0 radical (unpaired) electrons. The second-order valence-electron chi connectivity index (χ2n) is 6.73. The molecule has 0 saturated heterocycles. The Hall–Kier alpha value is -1.70. The Kier molecular flexibility index (Phi) is 5.23. The Morgan fingerprint density at radius 1 is 1.23 bits per heavy atom. The summed E-state index contributed by atoms with van der Waals surface area (Å²) in [4.78, 5) is 14.3. The zero-order chi connectivity index (χ0) is 19.1. The molecule has 0 bridgehead atoms. The fraction of sp³-hybridized carbons (Fsp3) is 0.278. The van der Waals surface area contributed by atoms with Crippen molar-refractivity contribution in [3.63, 3.8) is 0 Å². The average Bonchev–Trinajstić information content (AvgIpc) is 3.03. The van der Waals surface area contributed by atoms with E-state index in [2.05, 4.69) is 30.7 Å². The Bertz CT molecular complexity index is 966. The molecule has 0 unspecified atom stereocenters. The minimum atomic E-state index is -0.527. The fourth-order valence-electron chi connectivity index (χ4n) is 2.35. The molecule has 2 aromatic heterocycles. The Morgan fingerprint density at radius 3 is 2.62 bits per heavy atom. The Morgan fingerprint density at radius 2 is 1.96 bits per heavy atom. The summed E-state index contributed by atoms with van der Waals surface area (Å²) in [6, 6.07) is 4.75. The molecule has 4 nitrogen and oxygen atoms in total. The molecule has 2 heterocycles. The molecule has 0 aliphatic rings. The van der Waals surface area contributed by atoms with Crippen molar-refractivity contribution in [1.29, 1.82) is 0 Å². The third-order valence-electron chi connectivity index (χ3n) is 3.64. The number of nitrogen functional groups attached to an aromatic ring is 1. The molecule has 2 N–H and O–H groups in total. The highest BCUT2D eigenvalue weighted by atomic mass is 35.5. The van der Waals surface area contributed by atoms with Crippen LogP contribution in [0.3, 0.4) is 0 Å². The molecule has 136 valence electrons. The zero-order valence-electron chi connectivity index (χ0n) is 14.8. The first-order valence-electron chi connectivity index (χ1n) is 7.84. The minimum Gasteiger partial charge on any atom is -0.396 e. The number of hydrogen-bond donors (Lipinski definition) is 1. The van der Waals surface area contributed by atoms with Gasteiger partial charge in [-0.25, -0.2) is 19.3 Å². The summed E-state index contributed by atoms with van der Waals surface area (Å²) < 4.78 is 14.8. The molecule has 3 aromatic rings. The molecule has 0 aliphatic heterocycles. The van der Waals surface area contributed by atoms with Gasteiger partial charge in [-0.3, -0.25) is 0 Å². The molecule has 8 heteroatoms. The van der Waals surface area contributed by atoms with Gasteiger partial charge in [0, 0.05) is 22.2 Å². The molecule has 0 spiro atoms. The highest BCUT2D eigenvalue weighted by Gasteiger charge is 2.26. The molecule has 0 fully saturated rings. The van der Waals surface area contributed by atoms with E-state index in [1.807, 2.05) is 6.26 Å². The number of nitrogens with zero attached hydrogens (tertiary/aromatic N) is 3. The number of hydrogen-bond acceptors (Lipinski definition) is 6. The maximum Gasteiger partial charge on any atom is 0.187 e. The van der Waals surface area contributed by atoms with Crippen LogP contribution in [0.1, 0.15) is 25.8 Å². The highest BCUT2D eigenvalue weighted by Crippen LogP contribution is 2.42. The van der Waals surface area contributed by atoms with Crippen LogP contribution in [0.25, 0.3) is 21.8 Å². The third-order valence-corrected chi connectivity index (χ3v) is 5.92. The van der Waals surface area contributed by atoms with E-state index in [1.165, 1.54) is 29.2 Å². The quantitative estimate of drug-likeness (QED) is 0.344. The SMILES string of the molecule is CSc1nccc(-c2sc(C(C)(C)C)nc2-c2cc(Cl)cc(N)c2F)n1. The van der Waals surface area contributed by atoms with Crippen LogP contribution in [0, 0.1) is 5.82 Å². The predicted octanol–water partition coefficient (Wildman–Crippen LogP) is 5.66. The van der Waals surface area contributed by atoms with Crippen molar-refractivity contribution < 1.29 is 4.39 Å². The van der Waals surface area contributed by atoms with Gasteiger partial charge in [0.1, 0.15) is 0 Å². The van der Waals surface area contributed by atoms with Crippen LogP contribution in [-0.4, -0.2) is 21.2 Å². The van der Waals surface area contributed by atoms with Crippen LogP contribution in [0.15, 0.2) is 29.6 Å². The van der Waals surface area contributed by atoms with Crippen molar-refractivity contribution in [1.82, 2.24) is 15.0 Å². The van der Waals surface area contributed by atoms with E-state index in [4.69, 9.17) is 22.3 Å². The Labute approximate surface area is 165 Å². The highest BCUT2D eigenvalue weighted by molar-refractivity contribution is 7.98. The molecular weight excluding hydrogens is 391 g/mol. The lowest BCUT2D eigenvalue weighted by atomic mass is 9.98. The number of aromatic nitrogens is 3. The van der Waals surface area contributed by atoms with Gasteiger partial charge in [0.05, 0.1) is 27.0 Å². The first-order chi connectivity index (χ1) is 12.2. The lowest BCUT2D eigenvalue weighted by Crippen LogP contribution is -2.10. The standard InChI is InChI=1S/C18H18ClFN4S2/c1-18(2,3)16-24-14(10-7-9(19)8-11(21)13(10)20)15(26-16)12-5-6-22-17(23-12)25-4/h5-8H,21H2,1-4H3. The van der Waals surface area contributed by atoms with Gasteiger partial charge in [-0.05, 0) is 24.5 Å². The van der Waals surface area contributed by atoms with E-state index in [0.29, 0.717) is 21.6 Å². The summed E-state index contributed by atoms with van der Waals surface area (Å²) >= 11 is 9.05. The van der Waals surface area contributed by atoms with E-state index >= 15 is 0 Å². The van der Waals surface area contributed by atoms with Crippen LogP contribution in [0.2, 0.25) is 5.02 Å². The average molecular weight is 409 g/mol.